The fraction of sp³-hybridized carbons (Fsp3) is 0.600. The molecule has 0 spiro atoms. The van der Waals surface area contributed by atoms with Crippen LogP contribution in [-0.2, 0) is 5.54 Å². The molecule has 2 saturated heterocycles. The molecule has 3 rings (SSSR count). The Bertz CT molecular complexity index is 356. The van der Waals surface area contributed by atoms with Gasteiger partial charge in [-0.25, -0.2) is 0 Å². The van der Waals surface area contributed by atoms with Crippen molar-refractivity contribution >= 4 is 0 Å². The summed E-state index contributed by atoms with van der Waals surface area (Å²) in [5, 5.41) is 0. The van der Waals surface area contributed by atoms with Crippen LogP contribution in [-0.4, -0.2) is 17.0 Å². The van der Waals surface area contributed by atoms with Crippen molar-refractivity contribution in [1.29, 1.82) is 0 Å². The number of hydrogen-bond acceptors (Lipinski definition) is 1. The number of fused-ring (bicyclic) bond motifs is 1. The fourth-order valence-corrected chi connectivity index (χ4v) is 4.02. The Labute approximate surface area is 98.5 Å². The van der Waals surface area contributed by atoms with Gasteiger partial charge in [0.25, 0.3) is 0 Å². The van der Waals surface area contributed by atoms with Gasteiger partial charge >= 0.3 is 0 Å². The highest BCUT2D eigenvalue weighted by Crippen LogP contribution is 2.51. The number of hydrogen-bond donors (Lipinski definition) is 0. The molecule has 0 saturated carbocycles. The zero-order valence-electron chi connectivity index (χ0n) is 10.3. The number of rotatable bonds is 1. The molecule has 16 heavy (non-hydrogen) atoms. The van der Waals surface area contributed by atoms with Crippen LogP contribution in [0, 0.1) is 0 Å². The third-order valence-electron chi connectivity index (χ3n) is 4.71. The molecule has 3 atom stereocenters. The number of nitrogens with zero attached hydrogens (tertiary/aromatic N) is 1. The van der Waals surface area contributed by atoms with Crippen molar-refractivity contribution in [2.24, 2.45) is 0 Å². The second kappa shape index (κ2) is 3.59. The molecule has 2 fully saturated rings. The number of benzene rings is 1. The van der Waals surface area contributed by atoms with Gasteiger partial charge in [0.05, 0.1) is 0 Å². The second-order valence-electron chi connectivity index (χ2n) is 5.58. The van der Waals surface area contributed by atoms with E-state index in [0.717, 1.165) is 12.1 Å². The molecule has 0 N–H and O–H groups in total. The Kier molecular flexibility index (Phi) is 2.32. The molecule has 1 unspecified atom stereocenters. The predicted molar refractivity (Wildman–Crippen MR) is 67.4 cm³/mol. The van der Waals surface area contributed by atoms with Crippen LogP contribution in [0.2, 0.25) is 0 Å². The highest BCUT2D eigenvalue weighted by Gasteiger charge is 2.51. The van der Waals surface area contributed by atoms with Crippen molar-refractivity contribution in [2.75, 3.05) is 0 Å². The Balaban J connectivity index is 2.04. The summed E-state index contributed by atoms with van der Waals surface area (Å²) in [4.78, 5) is 2.78. The lowest BCUT2D eigenvalue weighted by Crippen LogP contribution is -2.42. The summed E-state index contributed by atoms with van der Waals surface area (Å²) in [5.74, 6) is 0. The van der Waals surface area contributed by atoms with Crippen molar-refractivity contribution in [3.05, 3.63) is 35.9 Å². The average molecular weight is 215 g/mol. The molecule has 86 valence electrons. The molecule has 2 aliphatic heterocycles. The van der Waals surface area contributed by atoms with Crippen LogP contribution in [0.25, 0.3) is 0 Å². The SMILES string of the molecule is C[C@@H]1CCC2(c3ccccc3)CC[C@H](C)N12. The second-order valence-corrected chi connectivity index (χ2v) is 5.58. The van der Waals surface area contributed by atoms with Gasteiger partial charge in [-0.1, -0.05) is 30.3 Å². The van der Waals surface area contributed by atoms with Gasteiger partial charge in [-0.15, -0.1) is 0 Å². The van der Waals surface area contributed by atoms with Crippen LogP contribution in [0.3, 0.4) is 0 Å². The maximum atomic E-state index is 2.78. The van der Waals surface area contributed by atoms with E-state index in [9.17, 15) is 0 Å². The zero-order valence-corrected chi connectivity index (χ0v) is 10.3. The molecule has 1 aromatic rings. The fourth-order valence-electron chi connectivity index (χ4n) is 4.02. The van der Waals surface area contributed by atoms with Gasteiger partial charge in [0, 0.05) is 17.6 Å². The highest BCUT2D eigenvalue weighted by atomic mass is 15.3. The largest absolute Gasteiger partial charge is 0.288 e. The molecule has 0 aromatic heterocycles. The Morgan fingerprint density at radius 3 is 2.12 bits per heavy atom. The van der Waals surface area contributed by atoms with Crippen LogP contribution in [0.5, 0.6) is 0 Å². The molecular formula is C15H21N. The van der Waals surface area contributed by atoms with Crippen LogP contribution in [0.15, 0.2) is 30.3 Å². The van der Waals surface area contributed by atoms with Gasteiger partial charge in [0.1, 0.15) is 0 Å². The Hall–Kier alpha value is -0.820. The summed E-state index contributed by atoms with van der Waals surface area (Å²) >= 11 is 0. The van der Waals surface area contributed by atoms with E-state index >= 15 is 0 Å². The summed E-state index contributed by atoms with van der Waals surface area (Å²) in [5.41, 5.74) is 1.92. The lowest BCUT2D eigenvalue weighted by Gasteiger charge is -2.37. The molecule has 2 heterocycles. The van der Waals surface area contributed by atoms with Gasteiger partial charge < -0.3 is 0 Å². The summed E-state index contributed by atoms with van der Waals surface area (Å²) < 4.78 is 0. The van der Waals surface area contributed by atoms with Crippen LogP contribution in [0.4, 0.5) is 0 Å². The first kappa shape index (κ1) is 10.3. The molecule has 0 aliphatic carbocycles. The van der Waals surface area contributed by atoms with E-state index in [1.54, 1.807) is 5.56 Å². The van der Waals surface area contributed by atoms with E-state index in [1.807, 2.05) is 0 Å². The molecule has 2 aliphatic rings. The smallest absolute Gasteiger partial charge is 0.0467 e. The van der Waals surface area contributed by atoms with Crippen LogP contribution < -0.4 is 0 Å². The van der Waals surface area contributed by atoms with Gasteiger partial charge in [-0.05, 0) is 45.1 Å². The van der Waals surface area contributed by atoms with Gasteiger partial charge in [-0.3, -0.25) is 4.90 Å². The maximum absolute atomic E-state index is 2.78. The van der Waals surface area contributed by atoms with E-state index in [1.165, 1.54) is 25.7 Å². The third-order valence-corrected chi connectivity index (χ3v) is 4.71. The standard InChI is InChI=1S/C15H21N/c1-12-8-10-15(11-9-13(2)16(12)15)14-6-4-3-5-7-14/h3-7,12-13H,8-11H2,1-2H3/t12-,13+,15?. The van der Waals surface area contributed by atoms with E-state index in [4.69, 9.17) is 0 Å². The minimum absolute atomic E-state index is 0.375. The first-order chi connectivity index (χ1) is 7.74. The van der Waals surface area contributed by atoms with Gasteiger partial charge in [-0.2, -0.15) is 0 Å². The summed E-state index contributed by atoms with van der Waals surface area (Å²) in [6.07, 6.45) is 5.42. The van der Waals surface area contributed by atoms with Gasteiger partial charge in [0.2, 0.25) is 0 Å². The van der Waals surface area contributed by atoms with Crippen molar-refractivity contribution in [3.63, 3.8) is 0 Å². The molecule has 0 radical (unpaired) electrons. The molecule has 0 bridgehead atoms. The van der Waals surface area contributed by atoms with Crippen molar-refractivity contribution in [3.8, 4) is 0 Å². The topological polar surface area (TPSA) is 3.24 Å². The Morgan fingerprint density at radius 1 is 1.00 bits per heavy atom. The normalized spacial score (nSPS) is 38.9. The molecule has 0 amide bonds. The first-order valence-corrected chi connectivity index (χ1v) is 6.58. The summed E-state index contributed by atoms with van der Waals surface area (Å²) in [7, 11) is 0. The molecular weight excluding hydrogens is 194 g/mol. The third kappa shape index (κ3) is 1.27. The quantitative estimate of drug-likeness (QED) is 0.692. The van der Waals surface area contributed by atoms with E-state index in [-0.39, 0.29) is 0 Å². The van der Waals surface area contributed by atoms with Crippen molar-refractivity contribution in [1.82, 2.24) is 4.90 Å². The summed E-state index contributed by atoms with van der Waals surface area (Å²) in [6.45, 7) is 4.79. The molecule has 1 nitrogen and oxygen atoms in total. The molecule has 1 aromatic carbocycles. The average Bonchev–Trinajstić information content (AvgIpc) is 2.82. The summed E-state index contributed by atoms with van der Waals surface area (Å²) in [6, 6.07) is 12.7. The van der Waals surface area contributed by atoms with E-state index in [0.29, 0.717) is 5.54 Å². The minimum Gasteiger partial charge on any atom is -0.288 e. The van der Waals surface area contributed by atoms with Crippen molar-refractivity contribution in [2.45, 2.75) is 57.2 Å². The van der Waals surface area contributed by atoms with Crippen LogP contribution >= 0.6 is 0 Å². The minimum atomic E-state index is 0.375. The maximum Gasteiger partial charge on any atom is 0.0467 e. The van der Waals surface area contributed by atoms with E-state index < -0.39 is 0 Å². The first-order valence-electron chi connectivity index (χ1n) is 6.58. The predicted octanol–water partition coefficient (Wildman–Crippen LogP) is 3.55. The molecule has 1 heteroatoms. The monoisotopic (exact) mass is 215 g/mol. The zero-order chi connectivity index (χ0) is 11.2. The van der Waals surface area contributed by atoms with Crippen molar-refractivity contribution < 1.29 is 0 Å². The Morgan fingerprint density at radius 2 is 1.56 bits per heavy atom. The van der Waals surface area contributed by atoms with Gasteiger partial charge in [0.15, 0.2) is 0 Å². The van der Waals surface area contributed by atoms with Crippen LogP contribution in [0.1, 0.15) is 45.1 Å². The van der Waals surface area contributed by atoms with E-state index in [2.05, 4.69) is 49.1 Å². The lowest BCUT2D eigenvalue weighted by molar-refractivity contribution is 0.120. The lowest BCUT2D eigenvalue weighted by atomic mass is 9.86. The highest BCUT2D eigenvalue weighted by molar-refractivity contribution is 5.28.